The standard InChI is InChI=1S/C13H13BrO3/c1-2-17-13(16)10-6-4-8-3-5-9(14)7-11(8)12(10)15/h3,5,7,10H,2,4,6H2,1H3/t10-/m1/s1. The minimum absolute atomic E-state index is 0.119. The highest BCUT2D eigenvalue weighted by molar-refractivity contribution is 9.10. The van der Waals surface area contributed by atoms with Crippen LogP contribution < -0.4 is 0 Å². The van der Waals surface area contributed by atoms with Crippen LogP contribution in [0.2, 0.25) is 0 Å². The van der Waals surface area contributed by atoms with Crippen molar-refractivity contribution in [1.82, 2.24) is 0 Å². The molecule has 0 heterocycles. The number of ketones is 1. The molecule has 0 spiro atoms. The third-order valence-electron chi connectivity index (χ3n) is 2.93. The second-order valence-corrected chi connectivity index (χ2v) is 4.92. The third-order valence-corrected chi connectivity index (χ3v) is 3.42. The Morgan fingerprint density at radius 3 is 3.00 bits per heavy atom. The summed E-state index contributed by atoms with van der Waals surface area (Å²) in [6, 6.07) is 5.62. The SMILES string of the molecule is CCOC(=O)[C@@H]1CCc2ccc(Br)cc2C1=O. The van der Waals surface area contributed by atoms with Gasteiger partial charge in [0, 0.05) is 10.0 Å². The van der Waals surface area contributed by atoms with Gasteiger partial charge in [-0.25, -0.2) is 0 Å². The minimum atomic E-state index is -0.628. The maximum absolute atomic E-state index is 12.2. The molecule has 0 bridgehead atoms. The van der Waals surface area contributed by atoms with Crippen LogP contribution in [0.3, 0.4) is 0 Å². The Labute approximate surface area is 108 Å². The Morgan fingerprint density at radius 2 is 2.29 bits per heavy atom. The summed E-state index contributed by atoms with van der Waals surface area (Å²) in [5, 5.41) is 0. The molecule has 0 saturated carbocycles. The quantitative estimate of drug-likeness (QED) is 0.623. The molecule has 3 nitrogen and oxygen atoms in total. The Balaban J connectivity index is 2.29. The van der Waals surface area contributed by atoms with Crippen molar-refractivity contribution in [1.29, 1.82) is 0 Å². The number of benzene rings is 1. The van der Waals surface area contributed by atoms with Crippen molar-refractivity contribution in [3.63, 3.8) is 0 Å². The molecule has 0 N–H and O–H groups in total. The first-order valence-corrected chi connectivity index (χ1v) is 6.42. The molecule has 0 aliphatic heterocycles. The van der Waals surface area contributed by atoms with E-state index >= 15 is 0 Å². The van der Waals surface area contributed by atoms with Gasteiger partial charge in [0.05, 0.1) is 6.61 Å². The predicted molar refractivity (Wildman–Crippen MR) is 66.9 cm³/mol. The molecule has 0 fully saturated rings. The summed E-state index contributed by atoms with van der Waals surface area (Å²) in [6.07, 6.45) is 1.30. The van der Waals surface area contributed by atoms with Crippen molar-refractivity contribution < 1.29 is 14.3 Å². The molecular formula is C13H13BrO3. The Hall–Kier alpha value is -1.16. The second kappa shape index (κ2) is 5.00. The summed E-state index contributed by atoms with van der Waals surface area (Å²) in [6.45, 7) is 2.06. The van der Waals surface area contributed by atoms with Gasteiger partial charge in [-0.1, -0.05) is 22.0 Å². The number of Topliss-reactive ketones (excluding diaryl/α,β-unsaturated/α-hetero) is 1. The lowest BCUT2D eigenvalue weighted by molar-refractivity contribution is -0.146. The van der Waals surface area contributed by atoms with E-state index in [2.05, 4.69) is 15.9 Å². The highest BCUT2D eigenvalue weighted by atomic mass is 79.9. The molecule has 1 atom stereocenters. The van der Waals surface area contributed by atoms with Crippen LogP contribution in [0.1, 0.15) is 29.3 Å². The fourth-order valence-electron chi connectivity index (χ4n) is 2.08. The van der Waals surface area contributed by atoms with Crippen molar-refractivity contribution in [2.45, 2.75) is 19.8 Å². The molecule has 2 rings (SSSR count). The molecular weight excluding hydrogens is 284 g/mol. The summed E-state index contributed by atoms with van der Waals surface area (Å²) in [5.41, 5.74) is 1.66. The maximum atomic E-state index is 12.2. The van der Waals surface area contributed by atoms with Gasteiger partial charge in [-0.2, -0.15) is 0 Å². The van der Waals surface area contributed by atoms with E-state index in [1.807, 2.05) is 12.1 Å². The largest absolute Gasteiger partial charge is 0.465 e. The number of fused-ring (bicyclic) bond motifs is 1. The van der Waals surface area contributed by atoms with Crippen LogP contribution in [-0.4, -0.2) is 18.4 Å². The predicted octanol–water partition coefficient (Wildman–Crippen LogP) is 2.76. The van der Waals surface area contributed by atoms with Gasteiger partial charge in [-0.15, -0.1) is 0 Å². The molecule has 0 saturated heterocycles. The van der Waals surface area contributed by atoms with Gasteiger partial charge in [0.15, 0.2) is 5.78 Å². The second-order valence-electron chi connectivity index (χ2n) is 4.01. The number of halogens is 1. The van der Waals surface area contributed by atoms with Crippen LogP contribution >= 0.6 is 15.9 Å². The van der Waals surface area contributed by atoms with Crippen LogP contribution in [-0.2, 0) is 16.0 Å². The van der Waals surface area contributed by atoms with E-state index < -0.39 is 11.9 Å². The van der Waals surface area contributed by atoms with E-state index in [0.717, 1.165) is 16.5 Å². The summed E-state index contributed by atoms with van der Waals surface area (Å²) < 4.78 is 5.78. The summed E-state index contributed by atoms with van der Waals surface area (Å²) in [5.74, 6) is -1.15. The van der Waals surface area contributed by atoms with Crippen LogP contribution in [0.5, 0.6) is 0 Å². The molecule has 1 aromatic carbocycles. The Morgan fingerprint density at radius 1 is 1.53 bits per heavy atom. The molecule has 0 amide bonds. The fraction of sp³-hybridized carbons (Fsp3) is 0.385. The zero-order chi connectivity index (χ0) is 12.4. The molecule has 17 heavy (non-hydrogen) atoms. The van der Waals surface area contributed by atoms with Crippen molar-refractivity contribution >= 4 is 27.7 Å². The van der Waals surface area contributed by atoms with Crippen molar-refractivity contribution in [2.75, 3.05) is 6.61 Å². The molecule has 4 heteroatoms. The van der Waals surface area contributed by atoms with Gasteiger partial charge < -0.3 is 4.74 Å². The van der Waals surface area contributed by atoms with Crippen LogP contribution in [0, 0.1) is 5.92 Å². The summed E-state index contributed by atoms with van der Waals surface area (Å²) in [4.78, 5) is 23.8. The molecule has 90 valence electrons. The van der Waals surface area contributed by atoms with Crippen LogP contribution in [0.4, 0.5) is 0 Å². The van der Waals surface area contributed by atoms with Crippen LogP contribution in [0.15, 0.2) is 22.7 Å². The zero-order valence-electron chi connectivity index (χ0n) is 9.53. The normalized spacial score (nSPS) is 18.7. The Kier molecular flexibility index (Phi) is 3.62. The highest BCUT2D eigenvalue weighted by Gasteiger charge is 2.33. The van der Waals surface area contributed by atoms with E-state index in [4.69, 9.17) is 4.74 Å². The summed E-state index contributed by atoms with van der Waals surface area (Å²) >= 11 is 3.34. The lowest BCUT2D eigenvalue weighted by Crippen LogP contribution is -2.31. The van der Waals surface area contributed by atoms with Gasteiger partial charge >= 0.3 is 5.97 Å². The minimum Gasteiger partial charge on any atom is -0.465 e. The van der Waals surface area contributed by atoms with Gasteiger partial charge in [-0.3, -0.25) is 9.59 Å². The van der Waals surface area contributed by atoms with Crippen molar-refractivity contribution in [2.24, 2.45) is 5.92 Å². The lowest BCUT2D eigenvalue weighted by Gasteiger charge is -2.21. The number of hydrogen-bond donors (Lipinski definition) is 0. The Bertz CT molecular complexity index is 468. The first kappa shape index (κ1) is 12.3. The number of esters is 1. The average molecular weight is 297 g/mol. The van der Waals surface area contributed by atoms with E-state index in [1.54, 1.807) is 13.0 Å². The number of ether oxygens (including phenoxy) is 1. The van der Waals surface area contributed by atoms with Gasteiger partial charge in [0.25, 0.3) is 0 Å². The maximum Gasteiger partial charge on any atom is 0.316 e. The smallest absolute Gasteiger partial charge is 0.316 e. The number of hydrogen-bond acceptors (Lipinski definition) is 3. The van der Waals surface area contributed by atoms with E-state index in [9.17, 15) is 9.59 Å². The lowest BCUT2D eigenvalue weighted by atomic mass is 9.83. The third kappa shape index (κ3) is 2.41. The number of carbonyl (C=O) groups excluding carboxylic acids is 2. The molecule has 1 aliphatic carbocycles. The van der Waals surface area contributed by atoms with E-state index in [0.29, 0.717) is 18.6 Å². The van der Waals surface area contributed by atoms with E-state index in [1.165, 1.54) is 0 Å². The van der Waals surface area contributed by atoms with Crippen LogP contribution in [0.25, 0.3) is 0 Å². The zero-order valence-corrected chi connectivity index (χ0v) is 11.1. The van der Waals surface area contributed by atoms with Gasteiger partial charge in [0.1, 0.15) is 5.92 Å². The number of aryl methyl sites for hydroxylation is 1. The summed E-state index contributed by atoms with van der Waals surface area (Å²) in [7, 11) is 0. The highest BCUT2D eigenvalue weighted by Crippen LogP contribution is 2.28. The van der Waals surface area contributed by atoms with E-state index in [-0.39, 0.29) is 5.78 Å². The topological polar surface area (TPSA) is 43.4 Å². The first-order chi connectivity index (χ1) is 8.13. The molecule has 1 aromatic rings. The average Bonchev–Trinajstić information content (AvgIpc) is 2.30. The monoisotopic (exact) mass is 296 g/mol. The molecule has 0 aromatic heterocycles. The van der Waals surface area contributed by atoms with Crippen molar-refractivity contribution in [3.8, 4) is 0 Å². The first-order valence-electron chi connectivity index (χ1n) is 5.62. The molecule has 0 unspecified atom stereocenters. The van der Waals surface area contributed by atoms with Gasteiger partial charge in [0.2, 0.25) is 0 Å². The van der Waals surface area contributed by atoms with Gasteiger partial charge in [-0.05, 0) is 37.5 Å². The fourth-order valence-corrected chi connectivity index (χ4v) is 2.44. The number of carbonyl (C=O) groups is 2. The molecule has 0 radical (unpaired) electrons. The number of rotatable bonds is 2. The van der Waals surface area contributed by atoms with Crippen molar-refractivity contribution in [3.05, 3.63) is 33.8 Å². The molecule has 1 aliphatic rings.